The smallest absolute Gasteiger partial charge is 0.238 e. The van der Waals surface area contributed by atoms with Crippen molar-refractivity contribution in [2.75, 3.05) is 72.6 Å². The van der Waals surface area contributed by atoms with Crippen molar-refractivity contribution in [1.29, 1.82) is 0 Å². The predicted octanol–water partition coefficient (Wildman–Crippen LogP) is 8.81. The number of hydrogen-bond acceptors (Lipinski definition) is 10. The zero-order valence-corrected chi connectivity index (χ0v) is 55.0. The van der Waals surface area contributed by atoms with Crippen LogP contribution in [0, 0.1) is 86.4 Å². The third-order valence-electron chi connectivity index (χ3n) is 20.9. The number of benzene rings is 5. The fraction of sp³-hybridized carbons (Fsp3) is 0.507. The van der Waals surface area contributed by atoms with E-state index in [9.17, 15) is 68.3 Å². The van der Waals surface area contributed by atoms with E-state index < -0.39 is 86.7 Å². The van der Waals surface area contributed by atoms with E-state index in [-0.39, 0.29) is 89.1 Å². The Morgan fingerprint density at radius 3 is 1.09 bits per heavy atom. The molecule has 0 radical (unpaired) electrons. The van der Waals surface area contributed by atoms with Gasteiger partial charge in [0.15, 0.2) is 34.9 Å². The van der Waals surface area contributed by atoms with Gasteiger partial charge < -0.3 is 51.8 Å². The minimum Gasteiger partial charge on any atom is -0.378 e. The van der Waals surface area contributed by atoms with Crippen LogP contribution in [0.25, 0.3) is 0 Å². The summed E-state index contributed by atoms with van der Waals surface area (Å²) in [6.07, 6.45) is 7.33. The molecule has 7 aliphatic rings. The zero-order valence-electron chi connectivity index (χ0n) is 55.0. The van der Waals surface area contributed by atoms with Crippen molar-refractivity contribution in [3.8, 4) is 0 Å². The summed E-state index contributed by atoms with van der Waals surface area (Å²) in [7, 11) is 1.73. The lowest BCUT2D eigenvalue weighted by molar-refractivity contribution is -0.153. The van der Waals surface area contributed by atoms with Crippen LogP contribution >= 0.6 is 0 Å². The van der Waals surface area contributed by atoms with E-state index in [0.717, 1.165) is 29.3 Å². The number of carbonyl (C=O) groups excluding carboxylic acids is 6. The lowest BCUT2D eigenvalue weighted by Crippen LogP contribution is -2.52. The number of nitrogens with two attached hydrogens (primary N) is 3. The van der Waals surface area contributed by atoms with Gasteiger partial charge in [-0.15, -0.1) is 0 Å². The number of ether oxygens (including phenoxy) is 1. The van der Waals surface area contributed by atoms with E-state index in [1.807, 2.05) is 60.7 Å². The van der Waals surface area contributed by atoms with E-state index in [4.69, 9.17) is 21.9 Å². The number of nitrogens with one attached hydrogen (secondary N) is 1. The summed E-state index contributed by atoms with van der Waals surface area (Å²) < 4.78 is 127. The molecule has 7 N–H and O–H groups in total. The molecule has 98 heavy (non-hydrogen) atoms. The minimum absolute atomic E-state index is 0.0168. The highest BCUT2D eigenvalue weighted by Gasteiger charge is 2.61. The van der Waals surface area contributed by atoms with Crippen LogP contribution in [-0.4, -0.2) is 151 Å². The Labute approximate surface area is 564 Å². The first-order valence-corrected chi connectivity index (χ1v) is 33.9. The number of amides is 6. The van der Waals surface area contributed by atoms with Crippen molar-refractivity contribution in [3.05, 3.63) is 177 Å². The molecule has 3 aliphatic carbocycles. The van der Waals surface area contributed by atoms with Crippen molar-refractivity contribution in [3.63, 3.8) is 0 Å². The highest BCUT2D eigenvalue weighted by molar-refractivity contribution is 6.09. The van der Waals surface area contributed by atoms with Crippen molar-refractivity contribution >= 4 is 35.4 Å². The second kappa shape index (κ2) is 31.5. The lowest BCUT2D eigenvalue weighted by Gasteiger charge is -2.37. The highest BCUT2D eigenvalue weighted by Crippen LogP contribution is 2.51. The molecule has 25 heteroatoms. The Morgan fingerprint density at radius 2 is 0.745 bits per heavy atom. The normalized spacial score (nSPS) is 19.7. The van der Waals surface area contributed by atoms with Crippen molar-refractivity contribution < 1.29 is 73.0 Å². The maximum atomic E-state index is 14.0. The molecular formula is C73H86F9N9O7. The first kappa shape index (κ1) is 72.9. The summed E-state index contributed by atoms with van der Waals surface area (Å²) in [5.41, 5.74) is 18.0. The van der Waals surface area contributed by atoms with E-state index in [1.165, 1.54) is 0 Å². The molecule has 7 fully saturated rings. The average Bonchev–Trinajstić information content (AvgIpc) is 1.64. The average molecular weight is 1370 g/mol. The molecule has 528 valence electrons. The molecule has 5 aromatic rings. The molecule has 3 saturated carbocycles. The monoisotopic (exact) mass is 1370 g/mol. The summed E-state index contributed by atoms with van der Waals surface area (Å²) in [6.45, 7) is 5.69. The largest absolute Gasteiger partial charge is 0.378 e. The first-order chi connectivity index (χ1) is 46.8. The van der Waals surface area contributed by atoms with Crippen LogP contribution in [0.1, 0.15) is 105 Å². The number of hydrogen-bond donors (Lipinski definition) is 4. The summed E-state index contributed by atoms with van der Waals surface area (Å²) in [5.74, 6) is -10.2. The van der Waals surface area contributed by atoms with Gasteiger partial charge in [-0.1, -0.05) is 60.7 Å². The number of morpholine rings is 1. The van der Waals surface area contributed by atoms with Crippen LogP contribution in [0.5, 0.6) is 0 Å². The zero-order chi connectivity index (χ0) is 70.2. The first-order valence-electron chi connectivity index (χ1n) is 33.9. The van der Waals surface area contributed by atoms with Crippen molar-refractivity contribution in [2.45, 2.75) is 128 Å². The molecule has 4 heterocycles. The Bertz CT molecular complexity index is 3670. The Morgan fingerprint density at radius 1 is 0.439 bits per heavy atom. The van der Waals surface area contributed by atoms with Crippen LogP contribution in [0.15, 0.2) is 97.1 Å². The van der Waals surface area contributed by atoms with Gasteiger partial charge in [-0.3, -0.25) is 28.8 Å². The molecule has 12 rings (SSSR count). The van der Waals surface area contributed by atoms with E-state index in [2.05, 4.69) is 5.32 Å². The molecule has 0 unspecified atom stereocenters. The van der Waals surface area contributed by atoms with Crippen molar-refractivity contribution in [2.24, 2.45) is 51.2 Å². The van der Waals surface area contributed by atoms with E-state index in [1.54, 1.807) is 31.5 Å². The molecule has 6 amide bonds. The summed E-state index contributed by atoms with van der Waals surface area (Å²) >= 11 is 0. The number of nitrogens with zero attached hydrogens (tertiary/aromatic N) is 5. The third kappa shape index (κ3) is 17.0. The number of piperidine rings is 3. The van der Waals surface area contributed by atoms with Crippen LogP contribution in [0.2, 0.25) is 0 Å². The standard InChI is InChI=1S/C26H30F3N3O2.C25H28F3N3O2.C22H28F3N3O3/c1-31(16-17-5-3-2-4-6-17)24(33)26(9-10-26)25(34)32-11-7-18(8-12-32)23(30)14-19-13-21(28)22(29)15-20(19)27;26-19-14-21(28)20(27)12-18(19)13-22(29)17-6-10-31(11-7-17)24(33)25(8-9-25)23(32)30-15-16-4-2-1-3-5-16;23-16-13-18(25)17(24)11-15(16)12-19(26)14-1-5-27(6-2-14)20(29)22(3-4-22)21(30)28-7-9-31-10-8-28/h2-6,13,15,18,23H,7-12,14,16,30H2,1H3;1-5,12,14,17,22H,6-11,13,15,29H2,(H,30,32);11,13-14,19H,1-10,12,26H2/t23-;22-;19-/m111/s1. The summed E-state index contributed by atoms with van der Waals surface area (Å²) in [5, 5.41) is 2.89. The quantitative estimate of drug-likeness (QED) is 0.0350. The highest BCUT2D eigenvalue weighted by atomic mass is 19.2. The fourth-order valence-electron chi connectivity index (χ4n) is 14.2. The predicted molar refractivity (Wildman–Crippen MR) is 346 cm³/mol. The molecule has 3 atom stereocenters. The molecule has 4 saturated heterocycles. The van der Waals surface area contributed by atoms with Gasteiger partial charge in [0, 0.05) is 109 Å². The maximum Gasteiger partial charge on any atom is 0.238 e. The molecule has 0 bridgehead atoms. The lowest BCUT2D eigenvalue weighted by atomic mass is 9.85. The van der Waals surface area contributed by atoms with Gasteiger partial charge in [0.1, 0.15) is 33.7 Å². The number of halogens is 9. The molecule has 0 aromatic heterocycles. The van der Waals surface area contributed by atoms with Gasteiger partial charge in [-0.25, -0.2) is 39.5 Å². The van der Waals surface area contributed by atoms with Crippen LogP contribution in [0.3, 0.4) is 0 Å². The number of likely N-dealkylation sites (tertiary alicyclic amines) is 3. The van der Waals surface area contributed by atoms with Gasteiger partial charge in [-0.05, 0) is 160 Å². The second-order valence-corrected chi connectivity index (χ2v) is 27.5. The Balaban J connectivity index is 0.000000159. The van der Waals surface area contributed by atoms with Gasteiger partial charge in [-0.2, -0.15) is 0 Å². The number of rotatable bonds is 19. The van der Waals surface area contributed by atoms with Crippen LogP contribution < -0.4 is 22.5 Å². The molecule has 4 aliphatic heterocycles. The summed E-state index contributed by atoms with van der Waals surface area (Å²) in [6, 6.07) is 22.1. The van der Waals surface area contributed by atoms with Gasteiger partial charge in [0.25, 0.3) is 0 Å². The maximum absolute atomic E-state index is 14.0. The topological polar surface area (TPSA) is 218 Å². The summed E-state index contributed by atoms with van der Waals surface area (Å²) in [4.78, 5) is 86.9. The Kier molecular flexibility index (Phi) is 23.5. The molecule has 16 nitrogen and oxygen atoms in total. The van der Waals surface area contributed by atoms with E-state index >= 15 is 0 Å². The van der Waals surface area contributed by atoms with Crippen molar-refractivity contribution in [1.82, 2.24) is 29.8 Å². The number of carbonyl (C=O) groups is 6. The van der Waals surface area contributed by atoms with E-state index in [0.29, 0.717) is 174 Å². The third-order valence-corrected chi connectivity index (χ3v) is 20.9. The minimum atomic E-state index is -1.22. The molecule has 5 aromatic carbocycles. The molecular weight excluding hydrogens is 1290 g/mol. The molecule has 0 spiro atoms. The Hall–Kier alpha value is -7.87. The van der Waals surface area contributed by atoms with Gasteiger partial charge >= 0.3 is 0 Å². The van der Waals surface area contributed by atoms with Gasteiger partial charge in [0.2, 0.25) is 35.4 Å². The second-order valence-electron chi connectivity index (χ2n) is 27.5. The van der Waals surface area contributed by atoms with Crippen LogP contribution in [-0.2, 0) is 65.9 Å². The fourth-order valence-corrected chi connectivity index (χ4v) is 14.2. The van der Waals surface area contributed by atoms with Gasteiger partial charge in [0.05, 0.1) is 13.2 Å². The van der Waals surface area contributed by atoms with Crippen LogP contribution in [0.4, 0.5) is 39.5 Å². The SMILES string of the molecule is CN(Cc1ccccc1)C(=O)C1(C(=O)N2CCC([C@H](N)Cc3cc(F)c(F)cc3F)CC2)CC1.N[C@H](Cc1cc(F)c(F)cc1F)C1CCN(C(=O)C2(C(=O)N3CCOCC3)CC2)CC1.N[C@H](Cc1cc(F)c(F)cc1F)C1CCN(C(=O)C2(C(=O)NCc3ccccc3)CC2)CC1.